The third-order valence-electron chi connectivity index (χ3n) is 2.50. The summed E-state index contributed by atoms with van der Waals surface area (Å²) < 4.78 is 27.4. The van der Waals surface area contributed by atoms with Gasteiger partial charge in [0, 0.05) is 33.3 Å². The molecule has 0 saturated carbocycles. The zero-order chi connectivity index (χ0) is 10.6. The highest BCUT2D eigenvalue weighted by atomic mass is 32.2. The minimum atomic E-state index is -2.78. The number of methoxy groups -OCH3 is 1. The molecule has 84 valence electrons. The van der Waals surface area contributed by atoms with E-state index in [0.29, 0.717) is 19.6 Å². The molecule has 0 spiro atoms. The van der Waals surface area contributed by atoms with Crippen LogP contribution in [0.2, 0.25) is 0 Å². The highest BCUT2D eigenvalue weighted by molar-refractivity contribution is 7.91. The summed E-state index contributed by atoms with van der Waals surface area (Å²) in [5, 5.41) is 0. The van der Waals surface area contributed by atoms with Crippen molar-refractivity contribution in [3.05, 3.63) is 0 Å². The van der Waals surface area contributed by atoms with Gasteiger partial charge in [-0.2, -0.15) is 0 Å². The quantitative estimate of drug-likeness (QED) is 0.639. The molecule has 2 N–H and O–H groups in total. The van der Waals surface area contributed by atoms with E-state index in [9.17, 15) is 8.42 Å². The molecule has 1 rings (SSSR count). The van der Waals surface area contributed by atoms with Crippen LogP contribution in [0.4, 0.5) is 0 Å². The maximum atomic E-state index is 11.1. The van der Waals surface area contributed by atoms with Gasteiger partial charge in [-0.05, 0) is 0 Å². The second-order valence-corrected chi connectivity index (χ2v) is 5.85. The van der Waals surface area contributed by atoms with E-state index in [1.807, 2.05) is 0 Å². The van der Waals surface area contributed by atoms with Gasteiger partial charge < -0.3 is 10.5 Å². The third-order valence-corrected chi connectivity index (χ3v) is 4.10. The molecule has 1 atom stereocenters. The molecule has 14 heavy (non-hydrogen) atoms. The molecule has 1 saturated heterocycles. The van der Waals surface area contributed by atoms with Crippen LogP contribution in [0.1, 0.15) is 0 Å². The fraction of sp³-hybridized carbons (Fsp3) is 1.00. The number of hydrogen-bond donors (Lipinski definition) is 1. The average Bonchev–Trinajstić information content (AvgIpc) is 2.16. The molecular formula is C8H18N2O3S. The molecule has 5 nitrogen and oxygen atoms in total. The molecule has 0 aromatic carbocycles. The fourth-order valence-corrected chi connectivity index (χ4v) is 2.74. The zero-order valence-corrected chi connectivity index (χ0v) is 9.29. The van der Waals surface area contributed by atoms with E-state index in [0.717, 1.165) is 6.54 Å². The van der Waals surface area contributed by atoms with Crippen molar-refractivity contribution < 1.29 is 13.2 Å². The van der Waals surface area contributed by atoms with E-state index in [1.54, 1.807) is 7.11 Å². The molecule has 1 unspecified atom stereocenters. The zero-order valence-electron chi connectivity index (χ0n) is 8.48. The molecule has 1 fully saturated rings. The van der Waals surface area contributed by atoms with Crippen molar-refractivity contribution in [1.82, 2.24) is 4.90 Å². The van der Waals surface area contributed by atoms with Crippen molar-refractivity contribution in [3.63, 3.8) is 0 Å². The highest BCUT2D eigenvalue weighted by Crippen LogP contribution is 2.04. The maximum absolute atomic E-state index is 11.1. The Hall–Kier alpha value is -0.170. The molecule has 6 heteroatoms. The van der Waals surface area contributed by atoms with Gasteiger partial charge in [-0.15, -0.1) is 0 Å². The summed E-state index contributed by atoms with van der Waals surface area (Å²) in [5.74, 6) is 0.516. The van der Waals surface area contributed by atoms with Crippen LogP contribution in [-0.4, -0.2) is 64.2 Å². The highest BCUT2D eigenvalue weighted by Gasteiger charge is 2.22. The lowest BCUT2D eigenvalue weighted by molar-refractivity contribution is 0.0727. The smallest absolute Gasteiger partial charge is 0.152 e. The van der Waals surface area contributed by atoms with Gasteiger partial charge in [0.15, 0.2) is 9.84 Å². The van der Waals surface area contributed by atoms with Crippen LogP contribution in [0.5, 0.6) is 0 Å². The Morgan fingerprint density at radius 2 is 2.00 bits per heavy atom. The Bertz CT molecular complexity index is 248. The molecule has 0 aliphatic carbocycles. The van der Waals surface area contributed by atoms with Crippen molar-refractivity contribution >= 4 is 9.84 Å². The Balaban J connectivity index is 2.35. The first kappa shape index (κ1) is 11.9. The molecule has 1 aliphatic rings. The Morgan fingerprint density at radius 3 is 2.43 bits per heavy atom. The van der Waals surface area contributed by atoms with Crippen molar-refractivity contribution in [2.24, 2.45) is 5.73 Å². The van der Waals surface area contributed by atoms with Crippen molar-refractivity contribution in [3.8, 4) is 0 Å². The molecule has 0 amide bonds. The number of sulfone groups is 1. The van der Waals surface area contributed by atoms with E-state index in [2.05, 4.69) is 4.90 Å². The standard InChI is InChI=1S/C8H18N2O3S/c1-13-8(6-9)7-10-2-4-14(11,12)5-3-10/h8H,2-7,9H2,1H3. The van der Waals surface area contributed by atoms with Gasteiger partial charge in [0.1, 0.15) is 0 Å². The summed E-state index contributed by atoms with van der Waals surface area (Å²) in [6.07, 6.45) is 0.0100. The Kier molecular flexibility index (Phi) is 4.31. The van der Waals surface area contributed by atoms with E-state index in [1.165, 1.54) is 0 Å². The van der Waals surface area contributed by atoms with Gasteiger partial charge in [-0.3, -0.25) is 4.90 Å². The van der Waals surface area contributed by atoms with E-state index < -0.39 is 9.84 Å². The lowest BCUT2D eigenvalue weighted by Crippen LogP contribution is -2.45. The Labute approximate surface area is 85.1 Å². The summed E-state index contributed by atoms with van der Waals surface area (Å²) in [6.45, 7) is 2.40. The van der Waals surface area contributed by atoms with Crippen LogP contribution in [-0.2, 0) is 14.6 Å². The minimum absolute atomic E-state index is 0.0100. The summed E-state index contributed by atoms with van der Waals surface area (Å²) in [6, 6.07) is 0. The lowest BCUT2D eigenvalue weighted by atomic mass is 10.3. The van der Waals surface area contributed by atoms with Gasteiger partial charge in [0.05, 0.1) is 17.6 Å². The summed E-state index contributed by atoms with van der Waals surface area (Å²) in [4.78, 5) is 2.09. The minimum Gasteiger partial charge on any atom is -0.379 e. The predicted octanol–water partition coefficient (Wildman–Crippen LogP) is -1.31. The second kappa shape index (κ2) is 5.06. The van der Waals surface area contributed by atoms with Gasteiger partial charge in [-0.25, -0.2) is 8.42 Å². The first-order chi connectivity index (χ1) is 6.57. The van der Waals surface area contributed by atoms with Gasteiger partial charge >= 0.3 is 0 Å². The number of nitrogens with zero attached hydrogens (tertiary/aromatic N) is 1. The molecular weight excluding hydrogens is 204 g/mol. The van der Waals surface area contributed by atoms with Crippen molar-refractivity contribution in [2.45, 2.75) is 6.10 Å². The monoisotopic (exact) mass is 222 g/mol. The van der Waals surface area contributed by atoms with Crippen LogP contribution in [0.25, 0.3) is 0 Å². The van der Waals surface area contributed by atoms with Crippen molar-refractivity contribution in [1.29, 1.82) is 0 Å². The average molecular weight is 222 g/mol. The summed E-state index contributed by atoms with van der Waals surface area (Å²) in [7, 11) is -1.16. The van der Waals surface area contributed by atoms with Crippen molar-refractivity contribution in [2.75, 3.05) is 44.8 Å². The molecule has 0 aromatic rings. The SMILES string of the molecule is COC(CN)CN1CCS(=O)(=O)CC1. The topological polar surface area (TPSA) is 72.6 Å². The van der Waals surface area contributed by atoms with Gasteiger partial charge in [0.25, 0.3) is 0 Å². The van der Waals surface area contributed by atoms with E-state index >= 15 is 0 Å². The number of ether oxygens (including phenoxy) is 1. The van der Waals surface area contributed by atoms with Gasteiger partial charge in [-0.1, -0.05) is 0 Å². The van der Waals surface area contributed by atoms with Crippen LogP contribution in [0.15, 0.2) is 0 Å². The first-order valence-electron chi connectivity index (χ1n) is 4.73. The summed E-state index contributed by atoms with van der Waals surface area (Å²) >= 11 is 0. The van der Waals surface area contributed by atoms with Crippen LogP contribution in [0, 0.1) is 0 Å². The largest absolute Gasteiger partial charge is 0.379 e. The first-order valence-corrected chi connectivity index (χ1v) is 6.55. The molecule has 1 aliphatic heterocycles. The fourth-order valence-electron chi connectivity index (χ4n) is 1.47. The number of hydrogen-bond acceptors (Lipinski definition) is 5. The molecule has 0 aromatic heterocycles. The normalized spacial score (nSPS) is 24.7. The van der Waals surface area contributed by atoms with E-state index in [-0.39, 0.29) is 17.6 Å². The second-order valence-electron chi connectivity index (χ2n) is 3.55. The van der Waals surface area contributed by atoms with Crippen LogP contribution < -0.4 is 5.73 Å². The number of nitrogens with two attached hydrogens (primary N) is 1. The Morgan fingerprint density at radius 1 is 1.43 bits per heavy atom. The molecule has 0 radical (unpaired) electrons. The maximum Gasteiger partial charge on any atom is 0.152 e. The summed E-state index contributed by atoms with van der Waals surface area (Å²) in [5.41, 5.74) is 5.48. The molecule has 0 bridgehead atoms. The number of rotatable bonds is 4. The van der Waals surface area contributed by atoms with Crippen LogP contribution >= 0.6 is 0 Å². The van der Waals surface area contributed by atoms with Crippen LogP contribution in [0.3, 0.4) is 0 Å². The molecule has 1 heterocycles. The van der Waals surface area contributed by atoms with Gasteiger partial charge in [0.2, 0.25) is 0 Å². The van der Waals surface area contributed by atoms with E-state index in [4.69, 9.17) is 10.5 Å². The predicted molar refractivity (Wildman–Crippen MR) is 54.9 cm³/mol. The lowest BCUT2D eigenvalue weighted by Gasteiger charge is -2.29. The third kappa shape index (κ3) is 3.53.